The van der Waals surface area contributed by atoms with Crippen molar-refractivity contribution in [2.45, 2.75) is 52.6 Å². The lowest BCUT2D eigenvalue weighted by molar-refractivity contribution is 0.0197. The summed E-state index contributed by atoms with van der Waals surface area (Å²) in [4.78, 5) is 30.8. The monoisotopic (exact) mass is 676 g/mol. The lowest BCUT2D eigenvalue weighted by atomic mass is 9.97. The molecule has 0 spiro atoms. The maximum absolute atomic E-state index is 13.2. The van der Waals surface area contributed by atoms with Crippen LogP contribution in [0, 0.1) is 11.8 Å². The number of nitrogens with zero attached hydrogens (tertiary/aromatic N) is 2. The third kappa shape index (κ3) is 10.3. The fourth-order valence-corrected chi connectivity index (χ4v) is 5.53. The summed E-state index contributed by atoms with van der Waals surface area (Å²) in [6.45, 7) is 10.4. The highest BCUT2D eigenvalue weighted by Gasteiger charge is 2.28. The van der Waals surface area contributed by atoms with E-state index < -0.39 is 11.9 Å². The van der Waals surface area contributed by atoms with E-state index in [1.807, 2.05) is 14.1 Å². The third-order valence-electron chi connectivity index (χ3n) is 9.11. The molecule has 0 amide bonds. The van der Waals surface area contributed by atoms with Crippen molar-refractivity contribution in [2.75, 3.05) is 83.1 Å². The zero-order valence-corrected chi connectivity index (χ0v) is 30.8. The van der Waals surface area contributed by atoms with E-state index in [0.717, 1.165) is 12.8 Å². The molecule has 0 aliphatic rings. The minimum Gasteiger partial charge on any atom is -0.493 e. The summed E-state index contributed by atoms with van der Waals surface area (Å²) in [5.74, 6) is 1.92. The second kappa shape index (κ2) is 19.8. The van der Waals surface area contributed by atoms with Crippen molar-refractivity contribution in [1.82, 2.24) is 9.80 Å². The summed E-state index contributed by atoms with van der Waals surface area (Å²) in [5.41, 5.74) is 0.625. The summed E-state index contributed by atoms with van der Waals surface area (Å²) >= 11 is 0. The van der Waals surface area contributed by atoms with Crippen LogP contribution in [0.3, 0.4) is 0 Å². The Morgan fingerprint density at radius 3 is 1.08 bits per heavy atom. The van der Waals surface area contributed by atoms with Crippen molar-refractivity contribution in [2.24, 2.45) is 11.8 Å². The van der Waals surface area contributed by atoms with E-state index in [1.165, 1.54) is 42.7 Å². The van der Waals surface area contributed by atoms with Crippen LogP contribution >= 0.6 is 0 Å². The molecule has 0 heterocycles. The fraction of sp³-hybridized carbons (Fsp3) is 0.611. The summed E-state index contributed by atoms with van der Waals surface area (Å²) in [5, 5.41) is 0. The molecule has 0 N–H and O–H groups in total. The number of likely N-dealkylation sites (N-methyl/N-ethyl adjacent to an activating group) is 2. The molecule has 12 heteroatoms. The van der Waals surface area contributed by atoms with Crippen LogP contribution < -0.4 is 28.4 Å². The second-order valence-corrected chi connectivity index (χ2v) is 11.9. The molecule has 0 bridgehead atoms. The van der Waals surface area contributed by atoms with Gasteiger partial charge in [-0.25, -0.2) is 9.59 Å². The Morgan fingerprint density at radius 2 is 0.854 bits per heavy atom. The number of hydrogen-bond acceptors (Lipinski definition) is 12. The average molecular weight is 677 g/mol. The number of rotatable bonds is 21. The number of benzene rings is 2. The predicted molar refractivity (Wildman–Crippen MR) is 185 cm³/mol. The van der Waals surface area contributed by atoms with Crippen molar-refractivity contribution in [3.05, 3.63) is 35.4 Å². The van der Waals surface area contributed by atoms with Crippen LogP contribution in [-0.4, -0.2) is 117 Å². The first-order valence-electron chi connectivity index (χ1n) is 16.3. The van der Waals surface area contributed by atoms with E-state index in [-0.39, 0.29) is 37.1 Å². The molecule has 4 unspecified atom stereocenters. The van der Waals surface area contributed by atoms with Gasteiger partial charge in [-0.05, 0) is 50.2 Å². The normalized spacial score (nSPS) is 13.7. The summed E-state index contributed by atoms with van der Waals surface area (Å²) in [6.07, 6.45) is 1.83. The molecule has 0 fully saturated rings. The SMILES string of the molecule is CCC(C)C(COC(=O)c1cc(OC)c(OC)c(OC)c1)N(C)CCN(C)C(COC(=O)c1cc(OC)c(OC)c(OC)c1)C(C)CC. The van der Waals surface area contributed by atoms with Crippen LogP contribution in [0.1, 0.15) is 61.3 Å². The Morgan fingerprint density at radius 1 is 0.562 bits per heavy atom. The third-order valence-corrected chi connectivity index (χ3v) is 9.11. The van der Waals surface area contributed by atoms with Gasteiger partial charge in [0.25, 0.3) is 0 Å². The van der Waals surface area contributed by atoms with Gasteiger partial charge in [-0.1, -0.05) is 40.5 Å². The van der Waals surface area contributed by atoms with Gasteiger partial charge in [0, 0.05) is 25.2 Å². The summed E-state index contributed by atoms with van der Waals surface area (Å²) in [7, 11) is 13.1. The number of hydrogen-bond donors (Lipinski definition) is 0. The molecule has 0 saturated carbocycles. The first-order chi connectivity index (χ1) is 22.9. The molecule has 0 aliphatic heterocycles. The molecule has 48 heavy (non-hydrogen) atoms. The standard InChI is InChI=1S/C36H56N2O10/c1-13-23(3)27(21-47-35(39)25-17-29(41-7)33(45-11)30(18-25)42-8)37(5)15-16-38(6)28(24(4)14-2)22-48-36(40)26-19-31(43-9)34(46-12)32(20-26)44-10/h17-20,23-24,27-28H,13-16,21-22H2,1-12H3. The highest BCUT2D eigenvalue weighted by atomic mass is 16.5. The molecule has 270 valence electrons. The zero-order chi connectivity index (χ0) is 36.0. The first-order valence-corrected chi connectivity index (χ1v) is 16.3. The minimum atomic E-state index is -0.473. The number of carbonyl (C=O) groups is 2. The second-order valence-electron chi connectivity index (χ2n) is 11.9. The summed E-state index contributed by atoms with van der Waals surface area (Å²) in [6, 6.07) is 6.31. The van der Waals surface area contributed by atoms with Crippen LogP contribution in [0.15, 0.2) is 24.3 Å². The molecular weight excluding hydrogens is 620 g/mol. The minimum absolute atomic E-state index is 0.0192. The van der Waals surface area contributed by atoms with Gasteiger partial charge >= 0.3 is 11.9 Å². The van der Waals surface area contributed by atoms with Crippen LogP contribution in [0.4, 0.5) is 0 Å². The lowest BCUT2D eigenvalue weighted by Crippen LogP contribution is -2.47. The van der Waals surface area contributed by atoms with E-state index in [9.17, 15) is 9.59 Å². The van der Waals surface area contributed by atoms with Gasteiger partial charge in [0.05, 0.1) is 53.8 Å². The quantitative estimate of drug-likeness (QED) is 0.157. The van der Waals surface area contributed by atoms with Gasteiger partial charge in [0.15, 0.2) is 23.0 Å². The Kier molecular flexibility index (Phi) is 16.6. The first kappa shape index (κ1) is 40.3. The van der Waals surface area contributed by atoms with E-state index in [0.29, 0.717) is 58.7 Å². The van der Waals surface area contributed by atoms with E-state index in [1.54, 1.807) is 24.3 Å². The van der Waals surface area contributed by atoms with Gasteiger partial charge in [-0.15, -0.1) is 0 Å². The van der Waals surface area contributed by atoms with Crippen LogP contribution in [0.5, 0.6) is 34.5 Å². The number of esters is 2. The van der Waals surface area contributed by atoms with Gasteiger partial charge < -0.3 is 37.9 Å². The Balaban J connectivity index is 2.11. The fourth-order valence-electron chi connectivity index (χ4n) is 5.53. The van der Waals surface area contributed by atoms with Crippen LogP contribution in [-0.2, 0) is 9.47 Å². The molecule has 0 aromatic heterocycles. The lowest BCUT2D eigenvalue weighted by Gasteiger charge is -2.36. The number of methoxy groups -OCH3 is 6. The van der Waals surface area contributed by atoms with Gasteiger partial charge in [-0.3, -0.25) is 9.80 Å². The number of ether oxygens (including phenoxy) is 8. The van der Waals surface area contributed by atoms with Crippen molar-refractivity contribution in [1.29, 1.82) is 0 Å². The number of carbonyl (C=O) groups excluding carboxylic acids is 2. The van der Waals surface area contributed by atoms with Crippen LogP contribution in [0.25, 0.3) is 0 Å². The van der Waals surface area contributed by atoms with Crippen LogP contribution in [0.2, 0.25) is 0 Å². The highest BCUT2D eigenvalue weighted by molar-refractivity contribution is 5.92. The molecule has 0 saturated heterocycles. The Bertz CT molecular complexity index is 1170. The molecule has 2 aromatic carbocycles. The van der Waals surface area contributed by atoms with E-state index in [4.69, 9.17) is 37.9 Å². The Labute approximate surface area is 286 Å². The summed E-state index contributed by atoms with van der Waals surface area (Å²) < 4.78 is 44.0. The maximum atomic E-state index is 13.2. The van der Waals surface area contributed by atoms with Gasteiger partial charge in [0.1, 0.15) is 13.2 Å². The Hall–Kier alpha value is -3.90. The topological polar surface area (TPSA) is 114 Å². The molecule has 0 radical (unpaired) electrons. The molecule has 0 aliphatic carbocycles. The average Bonchev–Trinajstić information content (AvgIpc) is 3.11. The molecular formula is C36H56N2O10. The molecule has 4 atom stereocenters. The molecule has 12 nitrogen and oxygen atoms in total. The predicted octanol–water partition coefficient (Wildman–Crippen LogP) is 5.45. The largest absolute Gasteiger partial charge is 0.493 e. The maximum Gasteiger partial charge on any atom is 0.338 e. The molecule has 2 rings (SSSR count). The van der Waals surface area contributed by atoms with Crippen molar-refractivity contribution in [3.8, 4) is 34.5 Å². The highest BCUT2D eigenvalue weighted by Crippen LogP contribution is 2.39. The smallest absolute Gasteiger partial charge is 0.338 e. The van der Waals surface area contributed by atoms with Crippen molar-refractivity contribution < 1.29 is 47.5 Å². The molecule has 2 aromatic rings. The van der Waals surface area contributed by atoms with Gasteiger partial charge in [0.2, 0.25) is 11.5 Å². The van der Waals surface area contributed by atoms with E-state index in [2.05, 4.69) is 37.5 Å². The van der Waals surface area contributed by atoms with Crippen molar-refractivity contribution in [3.63, 3.8) is 0 Å². The zero-order valence-electron chi connectivity index (χ0n) is 30.8. The van der Waals surface area contributed by atoms with Crippen molar-refractivity contribution >= 4 is 11.9 Å². The van der Waals surface area contributed by atoms with E-state index >= 15 is 0 Å². The van der Waals surface area contributed by atoms with Gasteiger partial charge in [-0.2, -0.15) is 0 Å².